The first-order valence-corrected chi connectivity index (χ1v) is 7.61. The minimum absolute atomic E-state index is 0.0696. The number of hydrogen-bond donors (Lipinski definition) is 4. The Hall–Kier alpha value is -1.92. The van der Waals surface area contributed by atoms with Gasteiger partial charge in [0.05, 0.1) is 23.7 Å². The average Bonchev–Trinajstić information content (AvgIpc) is 3.00. The van der Waals surface area contributed by atoms with E-state index in [0.717, 1.165) is 16.9 Å². The normalized spacial score (nSPS) is 24.8. The monoisotopic (exact) mass is 302 g/mol. The lowest BCUT2D eigenvalue weighted by Gasteiger charge is -2.09. The van der Waals surface area contributed by atoms with Crippen molar-refractivity contribution in [2.75, 3.05) is 0 Å². The molecule has 1 aromatic carbocycles. The predicted octanol–water partition coefficient (Wildman–Crippen LogP) is 0.894. The van der Waals surface area contributed by atoms with Gasteiger partial charge in [0, 0.05) is 12.0 Å². The van der Waals surface area contributed by atoms with Crippen LogP contribution in [0.5, 0.6) is 0 Å². The molecule has 0 spiro atoms. The number of H-pyrrole nitrogens is 1. The van der Waals surface area contributed by atoms with Crippen LogP contribution in [0.15, 0.2) is 12.1 Å². The van der Waals surface area contributed by atoms with Gasteiger partial charge in [-0.15, -0.1) is 0 Å². The van der Waals surface area contributed by atoms with Crippen LogP contribution in [0.3, 0.4) is 0 Å². The molecule has 1 heterocycles. The van der Waals surface area contributed by atoms with Crippen LogP contribution in [0.2, 0.25) is 0 Å². The van der Waals surface area contributed by atoms with Gasteiger partial charge < -0.3 is 21.1 Å². The summed E-state index contributed by atoms with van der Waals surface area (Å²) in [5.41, 5.74) is 10.0. The molecule has 1 amide bonds. The van der Waals surface area contributed by atoms with Crippen molar-refractivity contribution < 1.29 is 9.90 Å². The lowest BCUT2D eigenvalue weighted by Crippen LogP contribution is -2.30. The van der Waals surface area contributed by atoms with Crippen molar-refractivity contribution in [3.63, 3.8) is 0 Å². The number of nitrogens with zero attached hydrogens (tertiary/aromatic N) is 1. The number of benzene rings is 1. The van der Waals surface area contributed by atoms with Gasteiger partial charge in [0.25, 0.3) is 0 Å². The largest absolute Gasteiger partial charge is 0.391 e. The number of fused-ring (bicyclic) bond motifs is 1. The Bertz CT molecular complexity index is 660. The molecule has 1 saturated carbocycles. The number of hydrogen-bond acceptors (Lipinski definition) is 4. The van der Waals surface area contributed by atoms with Crippen LogP contribution >= 0.6 is 0 Å². The molecular formula is C16H22N4O2. The molecule has 1 aliphatic carbocycles. The fourth-order valence-electron chi connectivity index (χ4n) is 2.98. The lowest BCUT2D eigenvalue weighted by molar-refractivity contribution is -0.125. The summed E-state index contributed by atoms with van der Waals surface area (Å²) in [6, 6.07) is 3.81. The topological polar surface area (TPSA) is 104 Å². The first-order valence-electron chi connectivity index (χ1n) is 7.61. The van der Waals surface area contributed by atoms with Crippen molar-refractivity contribution >= 4 is 16.9 Å². The number of carbonyl (C=O) groups is 1. The third-order valence-electron chi connectivity index (χ3n) is 4.52. The van der Waals surface area contributed by atoms with E-state index in [1.165, 1.54) is 11.1 Å². The van der Waals surface area contributed by atoms with Gasteiger partial charge in [0.2, 0.25) is 5.91 Å². The van der Waals surface area contributed by atoms with E-state index in [1.54, 1.807) is 0 Å². The van der Waals surface area contributed by atoms with Crippen molar-refractivity contribution in [2.45, 2.75) is 45.4 Å². The van der Waals surface area contributed by atoms with E-state index in [9.17, 15) is 9.90 Å². The molecule has 3 rings (SSSR count). The van der Waals surface area contributed by atoms with Crippen LogP contribution < -0.4 is 11.1 Å². The van der Waals surface area contributed by atoms with Gasteiger partial charge in [-0.25, -0.2) is 4.98 Å². The molecule has 0 aliphatic heterocycles. The van der Waals surface area contributed by atoms with E-state index < -0.39 is 6.10 Å². The molecule has 118 valence electrons. The number of aromatic nitrogens is 2. The summed E-state index contributed by atoms with van der Waals surface area (Å²) < 4.78 is 0. The number of rotatable bonds is 3. The number of aliphatic hydroxyl groups is 1. The summed E-state index contributed by atoms with van der Waals surface area (Å²) in [6.07, 6.45) is 0.393. The van der Waals surface area contributed by atoms with Crippen LogP contribution in [0, 0.1) is 19.8 Å². The molecule has 1 aliphatic rings. The Morgan fingerprint density at radius 2 is 2.14 bits per heavy atom. The van der Waals surface area contributed by atoms with Crippen molar-refractivity contribution in [1.29, 1.82) is 0 Å². The van der Waals surface area contributed by atoms with Crippen LogP contribution in [0.25, 0.3) is 11.0 Å². The molecule has 6 nitrogen and oxygen atoms in total. The number of carbonyl (C=O) groups excluding carboxylic acids is 1. The summed E-state index contributed by atoms with van der Waals surface area (Å²) in [5.74, 6) is 0.454. The summed E-state index contributed by atoms with van der Waals surface area (Å²) in [4.78, 5) is 19.8. The molecule has 2 aromatic rings. The molecule has 0 unspecified atom stereocenters. The molecule has 6 heteroatoms. The first-order chi connectivity index (χ1) is 10.4. The van der Waals surface area contributed by atoms with Gasteiger partial charge in [0.1, 0.15) is 5.82 Å². The molecule has 22 heavy (non-hydrogen) atoms. The van der Waals surface area contributed by atoms with Crippen molar-refractivity contribution in [3.05, 3.63) is 29.1 Å². The minimum atomic E-state index is -0.576. The van der Waals surface area contributed by atoms with Crippen LogP contribution in [-0.2, 0) is 11.3 Å². The van der Waals surface area contributed by atoms with E-state index in [2.05, 4.69) is 35.2 Å². The first kappa shape index (κ1) is 15.0. The van der Waals surface area contributed by atoms with Gasteiger partial charge >= 0.3 is 0 Å². The zero-order valence-corrected chi connectivity index (χ0v) is 12.9. The summed E-state index contributed by atoms with van der Waals surface area (Å²) in [5, 5.41) is 12.5. The van der Waals surface area contributed by atoms with E-state index in [0.29, 0.717) is 19.4 Å². The Morgan fingerprint density at radius 1 is 1.41 bits per heavy atom. The second-order valence-corrected chi connectivity index (χ2v) is 6.25. The Kier molecular flexibility index (Phi) is 3.88. The zero-order valence-electron chi connectivity index (χ0n) is 12.9. The van der Waals surface area contributed by atoms with Crippen molar-refractivity contribution in [3.8, 4) is 0 Å². The summed E-state index contributed by atoms with van der Waals surface area (Å²) >= 11 is 0. The molecule has 0 radical (unpaired) electrons. The standard InChI is InChI=1S/C16H22N4O2/c1-8-3-12-13(4-9(8)2)20-15(19-12)7-18-16(22)10-5-11(17)14(21)6-10/h3-4,10-11,14,21H,5-7,17H2,1-2H3,(H,18,22)(H,19,20)/t10-,11-,14-/m0/s1. The molecular weight excluding hydrogens is 280 g/mol. The predicted molar refractivity (Wildman–Crippen MR) is 84.1 cm³/mol. The van der Waals surface area contributed by atoms with E-state index in [-0.39, 0.29) is 17.9 Å². The SMILES string of the molecule is Cc1cc2nc(CNC(=O)[C@H]3C[C@H](N)[C@@H](O)C3)[nH]c2cc1C. The number of nitrogens with one attached hydrogen (secondary N) is 2. The van der Waals surface area contributed by atoms with Crippen molar-refractivity contribution in [2.24, 2.45) is 11.7 Å². The van der Waals surface area contributed by atoms with Gasteiger partial charge in [-0.2, -0.15) is 0 Å². The van der Waals surface area contributed by atoms with Gasteiger partial charge in [-0.05, 0) is 49.9 Å². The maximum atomic E-state index is 12.1. The summed E-state index contributed by atoms with van der Waals surface area (Å²) in [6.45, 7) is 4.47. The second kappa shape index (κ2) is 5.70. The number of nitrogens with two attached hydrogens (primary N) is 1. The molecule has 3 atom stereocenters. The van der Waals surface area contributed by atoms with Gasteiger partial charge in [0.15, 0.2) is 0 Å². The highest BCUT2D eigenvalue weighted by molar-refractivity contribution is 5.80. The zero-order chi connectivity index (χ0) is 15.9. The molecule has 1 fully saturated rings. The van der Waals surface area contributed by atoms with E-state index >= 15 is 0 Å². The number of imidazole rings is 1. The lowest BCUT2D eigenvalue weighted by atomic mass is 10.1. The third-order valence-corrected chi connectivity index (χ3v) is 4.52. The maximum Gasteiger partial charge on any atom is 0.223 e. The van der Waals surface area contributed by atoms with Gasteiger partial charge in [-0.3, -0.25) is 4.79 Å². The summed E-state index contributed by atoms with van der Waals surface area (Å²) in [7, 11) is 0. The van der Waals surface area contributed by atoms with Gasteiger partial charge in [-0.1, -0.05) is 0 Å². The fraction of sp³-hybridized carbons (Fsp3) is 0.500. The van der Waals surface area contributed by atoms with E-state index in [4.69, 9.17) is 5.73 Å². The molecule has 0 saturated heterocycles. The Morgan fingerprint density at radius 3 is 2.82 bits per heavy atom. The van der Waals surface area contributed by atoms with Crippen LogP contribution in [0.4, 0.5) is 0 Å². The molecule has 0 bridgehead atoms. The number of aliphatic hydroxyl groups excluding tert-OH is 1. The molecule has 5 N–H and O–H groups in total. The number of amides is 1. The highest BCUT2D eigenvalue weighted by Crippen LogP contribution is 2.25. The highest BCUT2D eigenvalue weighted by atomic mass is 16.3. The smallest absolute Gasteiger partial charge is 0.223 e. The van der Waals surface area contributed by atoms with Crippen molar-refractivity contribution in [1.82, 2.24) is 15.3 Å². The number of aryl methyl sites for hydroxylation is 2. The fourth-order valence-corrected chi connectivity index (χ4v) is 2.98. The maximum absolute atomic E-state index is 12.1. The second-order valence-electron chi connectivity index (χ2n) is 6.25. The third kappa shape index (κ3) is 2.84. The molecule has 1 aromatic heterocycles. The highest BCUT2D eigenvalue weighted by Gasteiger charge is 2.34. The minimum Gasteiger partial charge on any atom is -0.391 e. The van der Waals surface area contributed by atoms with Crippen LogP contribution in [0.1, 0.15) is 29.8 Å². The number of aromatic amines is 1. The quantitative estimate of drug-likeness (QED) is 0.676. The van der Waals surface area contributed by atoms with Crippen LogP contribution in [-0.4, -0.2) is 33.1 Å². The van der Waals surface area contributed by atoms with E-state index in [1.807, 2.05) is 6.07 Å². The Balaban J connectivity index is 1.65. The average molecular weight is 302 g/mol. The Labute approximate surface area is 129 Å².